The minimum Gasteiger partial charge on any atom is -0.435 e. The number of hydrogen-bond donors (Lipinski definition) is 0. The van der Waals surface area contributed by atoms with Crippen molar-refractivity contribution in [1.29, 1.82) is 0 Å². The van der Waals surface area contributed by atoms with E-state index >= 15 is 0 Å². The quantitative estimate of drug-likeness (QED) is 0.0878. The van der Waals surface area contributed by atoms with Crippen LogP contribution >= 0.6 is 0 Å². The summed E-state index contributed by atoms with van der Waals surface area (Å²) in [6.07, 6.45) is 33.3. The molecule has 0 N–H and O–H groups in total. The summed E-state index contributed by atoms with van der Waals surface area (Å²) in [5, 5.41) is 0. The van der Waals surface area contributed by atoms with Gasteiger partial charge in [0.2, 0.25) is 0 Å². The minimum absolute atomic E-state index is 0.0658. The van der Waals surface area contributed by atoms with Crippen molar-refractivity contribution in [2.24, 2.45) is 0 Å². The molecular formula is C28H54O2. The van der Waals surface area contributed by atoms with Crippen LogP contribution in [0, 0.1) is 0 Å². The van der Waals surface area contributed by atoms with Gasteiger partial charge >= 0.3 is 5.97 Å². The lowest BCUT2D eigenvalue weighted by Gasteiger charge is -2.03. The van der Waals surface area contributed by atoms with Gasteiger partial charge in [0.25, 0.3) is 0 Å². The predicted molar refractivity (Wildman–Crippen MR) is 133 cm³/mol. The zero-order valence-electron chi connectivity index (χ0n) is 20.7. The zero-order valence-corrected chi connectivity index (χ0v) is 20.7. The summed E-state index contributed by atoms with van der Waals surface area (Å²) in [7, 11) is 0. The van der Waals surface area contributed by atoms with Crippen LogP contribution < -0.4 is 0 Å². The number of carbonyl (C=O) groups excluding carboxylic acids is 1. The lowest BCUT2D eigenvalue weighted by Crippen LogP contribution is -1.98. The summed E-state index contributed by atoms with van der Waals surface area (Å²) in [5.41, 5.74) is 0. The number of ether oxygens (including phenoxy) is 1. The third-order valence-corrected chi connectivity index (χ3v) is 6.00. The molecule has 0 saturated carbocycles. The summed E-state index contributed by atoms with van der Waals surface area (Å²) in [4.78, 5) is 11.7. The number of rotatable bonds is 24. The summed E-state index contributed by atoms with van der Waals surface area (Å²) in [5.74, 6) is -0.0658. The van der Waals surface area contributed by atoms with E-state index in [2.05, 4.69) is 13.8 Å². The molecule has 0 amide bonds. The smallest absolute Gasteiger partial charge is 0.310 e. The molecule has 2 nitrogen and oxygen atoms in total. The Morgan fingerprint density at radius 1 is 0.533 bits per heavy atom. The fourth-order valence-electron chi connectivity index (χ4n) is 3.93. The number of esters is 1. The maximum absolute atomic E-state index is 11.7. The first-order valence-electron chi connectivity index (χ1n) is 13.7. The van der Waals surface area contributed by atoms with E-state index in [0.717, 1.165) is 19.3 Å². The third-order valence-electron chi connectivity index (χ3n) is 6.00. The van der Waals surface area contributed by atoms with Crippen molar-refractivity contribution in [1.82, 2.24) is 0 Å². The fraction of sp³-hybridized carbons (Fsp3) is 0.893. The van der Waals surface area contributed by atoms with E-state index in [-0.39, 0.29) is 5.97 Å². The van der Waals surface area contributed by atoms with E-state index < -0.39 is 0 Å². The van der Waals surface area contributed by atoms with Crippen LogP contribution in [0.15, 0.2) is 12.3 Å². The van der Waals surface area contributed by atoms with Crippen molar-refractivity contribution < 1.29 is 9.53 Å². The van der Waals surface area contributed by atoms with Gasteiger partial charge in [-0.15, -0.1) is 0 Å². The van der Waals surface area contributed by atoms with Crippen LogP contribution in [0.3, 0.4) is 0 Å². The average Bonchev–Trinajstić information content (AvgIpc) is 2.75. The normalized spacial score (nSPS) is 11.4. The largest absolute Gasteiger partial charge is 0.435 e. The molecule has 0 heterocycles. The van der Waals surface area contributed by atoms with Crippen LogP contribution in [-0.2, 0) is 9.53 Å². The number of hydrogen-bond acceptors (Lipinski definition) is 2. The molecule has 0 aromatic rings. The zero-order chi connectivity index (χ0) is 22.0. The molecule has 0 aliphatic carbocycles. The SMILES string of the molecule is CCCCCCCCC=COC(=O)CCCCCCCCCCCCCCCCC. The number of carbonyl (C=O) groups is 1. The Morgan fingerprint density at radius 2 is 0.900 bits per heavy atom. The van der Waals surface area contributed by atoms with Gasteiger partial charge in [-0.05, 0) is 25.3 Å². The van der Waals surface area contributed by atoms with Gasteiger partial charge in [-0.25, -0.2) is 0 Å². The Balaban J connectivity index is 3.20. The van der Waals surface area contributed by atoms with Gasteiger partial charge in [-0.2, -0.15) is 0 Å². The molecule has 0 rings (SSSR count). The molecule has 2 heteroatoms. The molecule has 178 valence electrons. The number of unbranched alkanes of at least 4 members (excludes halogenated alkanes) is 20. The van der Waals surface area contributed by atoms with E-state index in [0.29, 0.717) is 6.42 Å². The lowest BCUT2D eigenvalue weighted by molar-refractivity contribution is -0.138. The van der Waals surface area contributed by atoms with Crippen molar-refractivity contribution in [2.75, 3.05) is 0 Å². The van der Waals surface area contributed by atoms with Crippen molar-refractivity contribution in [3.63, 3.8) is 0 Å². The molecule has 0 radical (unpaired) electrons. The van der Waals surface area contributed by atoms with Gasteiger partial charge in [0.05, 0.1) is 6.26 Å². The monoisotopic (exact) mass is 422 g/mol. The van der Waals surface area contributed by atoms with Crippen molar-refractivity contribution >= 4 is 5.97 Å². The van der Waals surface area contributed by atoms with E-state index in [1.54, 1.807) is 6.26 Å². The number of allylic oxidation sites excluding steroid dienone is 1. The van der Waals surface area contributed by atoms with Crippen molar-refractivity contribution in [3.05, 3.63) is 12.3 Å². The van der Waals surface area contributed by atoms with Gasteiger partial charge < -0.3 is 4.74 Å². The standard InChI is InChI=1S/C28H54O2/c1-3-5-7-9-11-13-14-15-16-17-18-19-20-22-24-26-28(29)30-27-25-23-21-12-10-8-6-4-2/h25,27H,3-24,26H2,1-2H3. The van der Waals surface area contributed by atoms with Crippen LogP contribution in [0.5, 0.6) is 0 Å². The predicted octanol–water partition coefficient (Wildman–Crippen LogP) is 10.1. The Hall–Kier alpha value is -0.790. The second kappa shape index (κ2) is 26.2. The molecule has 0 atom stereocenters. The molecule has 0 saturated heterocycles. The molecule has 0 aromatic carbocycles. The second-order valence-electron chi connectivity index (χ2n) is 9.12. The van der Waals surface area contributed by atoms with Crippen molar-refractivity contribution in [2.45, 2.75) is 162 Å². The van der Waals surface area contributed by atoms with Crippen LogP contribution in [0.2, 0.25) is 0 Å². The molecular weight excluding hydrogens is 368 g/mol. The molecule has 30 heavy (non-hydrogen) atoms. The molecule has 0 bridgehead atoms. The molecule has 0 fully saturated rings. The minimum atomic E-state index is -0.0658. The maximum Gasteiger partial charge on any atom is 0.310 e. The first-order valence-corrected chi connectivity index (χ1v) is 13.7. The Bertz CT molecular complexity index is 362. The topological polar surface area (TPSA) is 26.3 Å². The Morgan fingerprint density at radius 3 is 1.33 bits per heavy atom. The highest BCUT2D eigenvalue weighted by molar-refractivity contribution is 5.69. The second-order valence-corrected chi connectivity index (χ2v) is 9.12. The summed E-state index contributed by atoms with van der Waals surface area (Å²) in [6, 6.07) is 0. The first-order chi connectivity index (χ1) is 14.8. The highest BCUT2D eigenvalue weighted by Crippen LogP contribution is 2.14. The Kier molecular flexibility index (Phi) is 25.6. The van der Waals surface area contributed by atoms with E-state index in [4.69, 9.17) is 4.74 Å². The summed E-state index contributed by atoms with van der Waals surface area (Å²) >= 11 is 0. The van der Waals surface area contributed by atoms with Gasteiger partial charge in [-0.3, -0.25) is 4.79 Å². The van der Waals surface area contributed by atoms with E-state index in [1.165, 1.54) is 122 Å². The summed E-state index contributed by atoms with van der Waals surface area (Å²) in [6.45, 7) is 4.53. The third kappa shape index (κ3) is 25.2. The highest BCUT2D eigenvalue weighted by atomic mass is 16.5. The molecule has 0 aliphatic heterocycles. The summed E-state index contributed by atoms with van der Waals surface area (Å²) < 4.78 is 5.19. The molecule has 0 spiro atoms. The van der Waals surface area contributed by atoms with E-state index in [1.807, 2.05) is 6.08 Å². The molecule has 0 aliphatic rings. The maximum atomic E-state index is 11.7. The van der Waals surface area contributed by atoms with Crippen LogP contribution in [0.4, 0.5) is 0 Å². The first kappa shape index (κ1) is 29.2. The van der Waals surface area contributed by atoms with Gasteiger partial charge in [0, 0.05) is 6.42 Å². The van der Waals surface area contributed by atoms with Crippen LogP contribution in [0.1, 0.15) is 162 Å². The molecule has 0 aromatic heterocycles. The fourth-order valence-corrected chi connectivity index (χ4v) is 3.93. The molecule has 0 unspecified atom stereocenters. The van der Waals surface area contributed by atoms with Gasteiger partial charge in [-0.1, -0.05) is 136 Å². The Labute approximate surface area is 189 Å². The van der Waals surface area contributed by atoms with Gasteiger partial charge in [0.1, 0.15) is 0 Å². The average molecular weight is 423 g/mol. The van der Waals surface area contributed by atoms with Crippen LogP contribution in [0.25, 0.3) is 0 Å². The van der Waals surface area contributed by atoms with Crippen LogP contribution in [-0.4, -0.2) is 5.97 Å². The van der Waals surface area contributed by atoms with Crippen molar-refractivity contribution in [3.8, 4) is 0 Å². The van der Waals surface area contributed by atoms with E-state index in [9.17, 15) is 4.79 Å². The van der Waals surface area contributed by atoms with Gasteiger partial charge in [0.15, 0.2) is 0 Å². The highest BCUT2D eigenvalue weighted by Gasteiger charge is 2.00. The lowest BCUT2D eigenvalue weighted by atomic mass is 10.0.